The fraction of sp³-hybridized carbons (Fsp3) is 0.200. The molecule has 0 bridgehead atoms. The Labute approximate surface area is 92.2 Å². The van der Waals surface area contributed by atoms with Crippen LogP contribution in [-0.2, 0) is 4.79 Å². The molecular weight excluding hydrogens is 210 g/mol. The standard InChI is InChI=1S/C10H13N3O3/c11-7-3-1-2-6(10(15)16)9(7)13-5-4-8(12)14/h1-3,13H,4-5,11H2,(H2,12,14)(H,15,16). The van der Waals surface area contributed by atoms with Gasteiger partial charge in [0, 0.05) is 13.0 Å². The number of hydrogen-bond donors (Lipinski definition) is 4. The number of nitrogen functional groups attached to an aromatic ring is 1. The van der Waals surface area contributed by atoms with Crippen LogP contribution in [0.5, 0.6) is 0 Å². The number of primary amides is 1. The summed E-state index contributed by atoms with van der Waals surface area (Å²) >= 11 is 0. The van der Waals surface area contributed by atoms with E-state index >= 15 is 0 Å². The van der Waals surface area contributed by atoms with Crippen LogP contribution in [-0.4, -0.2) is 23.5 Å². The summed E-state index contributed by atoms with van der Waals surface area (Å²) in [5.41, 5.74) is 11.3. The monoisotopic (exact) mass is 223 g/mol. The molecule has 0 aliphatic heterocycles. The van der Waals surface area contributed by atoms with Crippen LogP contribution in [0.1, 0.15) is 16.8 Å². The molecule has 0 spiro atoms. The van der Waals surface area contributed by atoms with Crippen molar-refractivity contribution < 1.29 is 14.7 Å². The van der Waals surface area contributed by atoms with Gasteiger partial charge in [-0.15, -0.1) is 0 Å². The fourth-order valence-electron chi connectivity index (χ4n) is 1.26. The molecule has 86 valence electrons. The summed E-state index contributed by atoms with van der Waals surface area (Å²) in [5.74, 6) is -1.53. The van der Waals surface area contributed by atoms with E-state index in [2.05, 4.69) is 5.32 Å². The summed E-state index contributed by atoms with van der Waals surface area (Å²) < 4.78 is 0. The van der Waals surface area contributed by atoms with Crippen LogP contribution < -0.4 is 16.8 Å². The number of benzene rings is 1. The normalized spacial score (nSPS) is 9.75. The van der Waals surface area contributed by atoms with Gasteiger partial charge in [0.1, 0.15) is 0 Å². The van der Waals surface area contributed by atoms with Gasteiger partial charge >= 0.3 is 5.97 Å². The number of nitrogens with two attached hydrogens (primary N) is 2. The number of carbonyl (C=O) groups is 2. The van der Waals surface area contributed by atoms with Crippen LogP contribution in [0.25, 0.3) is 0 Å². The number of hydrogen-bond acceptors (Lipinski definition) is 4. The average Bonchev–Trinajstić information content (AvgIpc) is 2.19. The van der Waals surface area contributed by atoms with Crippen molar-refractivity contribution in [2.45, 2.75) is 6.42 Å². The van der Waals surface area contributed by atoms with Crippen LogP contribution in [0, 0.1) is 0 Å². The van der Waals surface area contributed by atoms with Gasteiger partial charge in [-0.25, -0.2) is 4.79 Å². The first-order chi connectivity index (χ1) is 7.52. The minimum Gasteiger partial charge on any atom is -0.478 e. The Morgan fingerprint density at radius 1 is 1.38 bits per heavy atom. The van der Waals surface area contributed by atoms with Gasteiger partial charge in [0.15, 0.2) is 0 Å². The number of carbonyl (C=O) groups excluding carboxylic acids is 1. The molecule has 0 fully saturated rings. The largest absolute Gasteiger partial charge is 0.478 e. The maximum atomic E-state index is 10.9. The molecule has 1 aromatic carbocycles. The molecule has 0 heterocycles. The molecule has 0 saturated heterocycles. The Bertz CT molecular complexity index is 418. The molecule has 1 rings (SSSR count). The lowest BCUT2D eigenvalue weighted by Gasteiger charge is -2.11. The highest BCUT2D eigenvalue weighted by Crippen LogP contribution is 2.23. The maximum absolute atomic E-state index is 10.9. The van der Waals surface area contributed by atoms with Gasteiger partial charge in [0.05, 0.1) is 16.9 Å². The predicted octanol–water partition coefficient (Wildman–Crippen LogP) is 0.254. The lowest BCUT2D eigenvalue weighted by atomic mass is 10.1. The van der Waals surface area contributed by atoms with Crippen LogP contribution in [0.2, 0.25) is 0 Å². The second kappa shape index (κ2) is 5.01. The molecule has 0 aromatic heterocycles. The van der Waals surface area contributed by atoms with Gasteiger partial charge in [-0.05, 0) is 12.1 Å². The molecule has 6 N–H and O–H groups in total. The lowest BCUT2D eigenvalue weighted by molar-refractivity contribution is -0.117. The van der Waals surface area contributed by atoms with Crippen molar-refractivity contribution >= 4 is 23.3 Å². The Morgan fingerprint density at radius 2 is 2.06 bits per heavy atom. The van der Waals surface area contributed by atoms with E-state index in [1.807, 2.05) is 0 Å². The van der Waals surface area contributed by atoms with Gasteiger partial charge in [-0.2, -0.15) is 0 Å². The van der Waals surface area contributed by atoms with E-state index in [1.54, 1.807) is 12.1 Å². The molecule has 6 heteroatoms. The van der Waals surface area contributed by atoms with Crippen molar-refractivity contribution in [2.24, 2.45) is 5.73 Å². The number of amides is 1. The van der Waals surface area contributed by atoms with E-state index in [-0.39, 0.29) is 18.5 Å². The molecule has 1 aromatic rings. The first-order valence-electron chi connectivity index (χ1n) is 4.66. The Kier molecular flexibility index (Phi) is 3.71. The molecular formula is C10H13N3O3. The van der Waals surface area contributed by atoms with E-state index in [9.17, 15) is 9.59 Å². The summed E-state index contributed by atoms with van der Waals surface area (Å²) in [5, 5.41) is 11.7. The van der Waals surface area contributed by atoms with Crippen LogP contribution in [0.15, 0.2) is 18.2 Å². The zero-order chi connectivity index (χ0) is 12.1. The zero-order valence-corrected chi connectivity index (χ0v) is 8.56. The van der Waals surface area contributed by atoms with Gasteiger partial charge in [0.25, 0.3) is 0 Å². The first-order valence-corrected chi connectivity index (χ1v) is 4.66. The van der Waals surface area contributed by atoms with Crippen molar-refractivity contribution in [2.75, 3.05) is 17.6 Å². The van der Waals surface area contributed by atoms with E-state index < -0.39 is 11.9 Å². The summed E-state index contributed by atoms with van der Waals surface area (Å²) in [7, 11) is 0. The molecule has 1 amide bonds. The number of anilines is 2. The number of aromatic carboxylic acids is 1. The highest BCUT2D eigenvalue weighted by Gasteiger charge is 2.11. The summed E-state index contributed by atoms with van der Waals surface area (Å²) in [4.78, 5) is 21.4. The summed E-state index contributed by atoms with van der Waals surface area (Å²) in [6.45, 7) is 0.254. The molecule has 0 aliphatic rings. The van der Waals surface area contributed by atoms with Crippen molar-refractivity contribution in [3.63, 3.8) is 0 Å². The van der Waals surface area contributed by atoms with Crippen molar-refractivity contribution in [1.29, 1.82) is 0 Å². The van der Waals surface area contributed by atoms with Gasteiger partial charge < -0.3 is 21.9 Å². The Balaban J connectivity index is 2.84. The molecule has 16 heavy (non-hydrogen) atoms. The fourth-order valence-corrected chi connectivity index (χ4v) is 1.26. The van der Waals surface area contributed by atoms with Crippen LogP contribution >= 0.6 is 0 Å². The third kappa shape index (κ3) is 2.88. The summed E-state index contributed by atoms with van der Waals surface area (Å²) in [6, 6.07) is 4.57. The number of rotatable bonds is 5. The van der Waals surface area contributed by atoms with E-state index in [1.165, 1.54) is 6.07 Å². The minimum atomic E-state index is -1.08. The van der Waals surface area contributed by atoms with Crippen molar-refractivity contribution in [1.82, 2.24) is 0 Å². The topological polar surface area (TPSA) is 118 Å². The Morgan fingerprint density at radius 3 is 2.62 bits per heavy atom. The van der Waals surface area contributed by atoms with E-state index in [4.69, 9.17) is 16.6 Å². The molecule has 0 aliphatic carbocycles. The molecule has 0 unspecified atom stereocenters. The number of carboxylic acids is 1. The maximum Gasteiger partial charge on any atom is 0.337 e. The second-order valence-corrected chi connectivity index (χ2v) is 3.22. The minimum absolute atomic E-state index is 0.0736. The second-order valence-electron chi connectivity index (χ2n) is 3.22. The zero-order valence-electron chi connectivity index (χ0n) is 8.56. The lowest BCUT2D eigenvalue weighted by Crippen LogP contribution is -2.17. The van der Waals surface area contributed by atoms with E-state index in [0.29, 0.717) is 11.4 Å². The third-order valence-corrected chi connectivity index (χ3v) is 2.00. The van der Waals surface area contributed by atoms with Gasteiger partial charge in [-0.3, -0.25) is 4.79 Å². The summed E-state index contributed by atoms with van der Waals surface area (Å²) in [6.07, 6.45) is 0.118. The highest BCUT2D eigenvalue weighted by molar-refractivity contribution is 5.97. The van der Waals surface area contributed by atoms with Crippen molar-refractivity contribution in [3.05, 3.63) is 23.8 Å². The predicted molar refractivity (Wildman–Crippen MR) is 60.1 cm³/mol. The number of para-hydroxylation sites is 1. The number of carboxylic acid groups (broad SMARTS) is 1. The molecule has 0 radical (unpaired) electrons. The van der Waals surface area contributed by atoms with Gasteiger partial charge in [-0.1, -0.05) is 6.07 Å². The average molecular weight is 223 g/mol. The van der Waals surface area contributed by atoms with E-state index in [0.717, 1.165) is 0 Å². The van der Waals surface area contributed by atoms with Crippen molar-refractivity contribution in [3.8, 4) is 0 Å². The van der Waals surface area contributed by atoms with Crippen LogP contribution in [0.3, 0.4) is 0 Å². The first kappa shape index (κ1) is 11.8. The Hall–Kier alpha value is -2.24. The smallest absolute Gasteiger partial charge is 0.337 e. The molecule has 6 nitrogen and oxygen atoms in total. The highest BCUT2D eigenvalue weighted by atomic mass is 16.4. The molecule has 0 atom stereocenters. The van der Waals surface area contributed by atoms with Crippen LogP contribution in [0.4, 0.5) is 11.4 Å². The van der Waals surface area contributed by atoms with Gasteiger partial charge in [0.2, 0.25) is 5.91 Å². The number of nitrogens with one attached hydrogen (secondary N) is 1. The molecule has 0 saturated carbocycles. The SMILES string of the molecule is NC(=O)CCNc1c(N)cccc1C(=O)O. The third-order valence-electron chi connectivity index (χ3n) is 2.00. The quantitative estimate of drug-likeness (QED) is 0.534.